The van der Waals surface area contributed by atoms with Crippen LogP contribution in [0, 0.1) is 0 Å². The summed E-state index contributed by atoms with van der Waals surface area (Å²) in [4.78, 5) is 25.1. The normalized spacial score (nSPS) is 10.3. The Morgan fingerprint density at radius 2 is 1.30 bits per heavy atom. The third kappa shape index (κ3) is 9.26. The Labute approximate surface area is 157 Å². The van der Waals surface area contributed by atoms with Crippen LogP contribution in [0.25, 0.3) is 38.0 Å². The van der Waals surface area contributed by atoms with Crippen LogP contribution in [0.4, 0.5) is 0 Å². The molecule has 1 aliphatic carbocycles. The van der Waals surface area contributed by atoms with Gasteiger partial charge in [-0.3, -0.25) is 19.4 Å². The smallest absolute Gasteiger partial charge is 0.233 e. The minimum Gasteiger partial charge on any atom is -0.373 e. The molecule has 0 aliphatic heterocycles. The van der Waals surface area contributed by atoms with Crippen LogP contribution in [0.2, 0.25) is 0 Å². The highest BCUT2D eigenvalue weighted by molar-refractivity contribution is 6.49. The molecule has 1 aliphatic rings. The van der Waals surface area contributed by atoms with Gasteiger partial charge < -0.3 is 22.1 Å². The lowest BCUT2D eigenvalue weighted by Crippen LogP contribution is -2.15. The molecule has 3 rings (SSSR count). The summed E-state index contributed by atoms with van der Waals surface area (Å²) < 4.78 is 0. The van der Waals surface area contributed by atoms with E-state index in [1.54, 1.807) is 18.2 Å². The molecule has 0 unspecified atom stereocenters. The van der Waals surface area contributed by atoms with Crippen molar-refractivity contribution in [3.05, 3.63) is 109 Å². The molecule has 0 heterocycles. The highest BCUT2D eigenvalue weighted by Crippen LogP contribution is 2.16. The van der Waals surface area contributed by atoms with Gasteiger partial charge in [-0.25, -0.2) is 0 Å². The monoisotopic (exact) mass is 362 g/mol. The van der Waals surface area contributed by atoms with E-state index in [-0.39, 0.29) is 0 Å². The molecular formula is C19H18N6O2-2. The zero-order chi connectivity index (χ0) is 20.5. The van der Waals surface area contributed by atoms with Crippen LogP contribution in [0.1, 0.15) is 34.8 Å². The molecule has 0 amide bonds. The molecule has 0 aromatic heterocycles. The van der Waals surface area contributed by atoms with Gasteiger partial charge in [0.05, 0.1) is 0 Å². The summed E-state index contributed by atoms with van der Waals surface area (Å²) in [6.07, 6.45) is 5.43. The maximum Gasteiger partial charge on any atom is 0.233 e. The van der Waals surface area contributed by atoms with E-state index < -0.39 is 11.6 Å². The van der Waals surface area contributed by atoms with E-state index in [1.807, 2.05) is 12.1 Å². The van der Waals surface area contributed by atoms with Crippen molar-refractivity contribution < 1.29 is 9.59 Å². The Balaban J connectivity index is 0.000000399. The van der Waals surface area contributed by atoms with Crippen LogP contribution in [0.15, 0.2) is 60.7 Å². The first-order chi connectivity index (χ1) is 13.0. The lowest BCUT2D eigenvalue weighted by atomic mass is 9.96. The second-order valence-corrected chi connectivity index (χ2v) is 5.03. The van der Waals surface area contributed by atoms with Gasteiger partial charge in [0, 0.05) is 5.56 Å². The van der Waals surface area contributed by atoms with Gasteiger partial charge in [0.2, 0.25) is 11.6 Å². The number of benzene rings is 2. The average Bonchev–Trinajstić information content (AvgIpc) is 2.68. The Bertz CT molecular complexity index is 822. The van der Waals surface area contributed by atoms with Gasteiger partial charge in [0.15, 0.2) is 0 Å². The number of aryl methyl sites for hydroxylation is 1. The van der Waals surface area contributed by atoms with Gasteiger partial charge in [-0.2, -0.15) is 0 Å². The molecule has 0 saturated heterocycles. The van der Waals surface area contributed by atoms with Crippen molar-refractivity contribution >= 4 is 17.6 Å². The van der Waals surface area contributed by atoms with Crippen LogP contribution in [-0.2, 0) is 11.2 Å². The van der Waals surface area contributed by atoms with Crippen LogP contribution >= 0.6 is 0 Å². The molecule has 8 nitrogen and oxygen atoms in total. The fourth-order valence-corrected chi connectivity index (χ4v) is 2.16. The van der Waals surface area contributed by atoms with Crippen LogP contribution in [0.5, 0.6) is 0 Å². The number of carbonyl (C=O) groups is 2. The van der Waals surface area contributed by atoms with E-state index in [4.69, 9.17) is 22.1 Å². The second-order valence-electron chi connectivity index (χ2n) is 5.03. The quantitative estimate of drug-likeness (QED) is 0.285. The van der Waals surface area contributed by atoms with Crippen LogP contribution in [-0.4, -0.2) is 11.6 Å². The summed E-state index contributed by atoms with van der Waals surface area (Å²) in [7, 11) is 0. The number of fused-ring (bicyclic) bond motifs is 1. The summed E-state index contributed by atoms with van der Waals surface area (Å²) in [6, 6.07) is 17.6. The molecule has 0 N–H and O–H groups in total. The Hall–Kier alpha value is -3.86. The number of Topliss-reactive ketones (excluding diaryl/α,β-unsaturated/α-hetero) is 1. The number of nitrogens with zero attached hydrogens (tertiary/aromatic N) is 6. The van der Waals surface area contributed by atoms with Crippen molar-refractivity contribution in [1.82, 2.24) is 0 Å². The lowest BCUT2D eigenvalue weighted by molar-refractivity contribution is -0.110. The highest BCUT2D eigenvalue weighted by atomic mass is 16.2. The topological polar surface area (TPSA) is 152 Å². The number of hydrogen-bond acceptors (Lipinski definition) is 2. The van der Waals surface area contributed by atoms with Crippen molar-refractivity contribution in [2.75, 3.05) is 0 Å². The molecule has 138 valence electrons. The SMILES string of the molecule is CCCc1ccccc1.O=C1C=Cc2ccccc2C1=O.[N-]=[N+]=[N-].[N-]=[N+]=[N-]. The van der Waals surface area contributed by atoms with Gasteiger partial charge in [-0.15, -0.1) is 0 Å². The molecule has 0 bridgehead atoms. The van der Waals surface area contributed by atoms with E-state index in [1.165, 1.54) is 34.3 Å². The van der Waals surface area contributed by atoms with Gasteiger partial charge in [-0.1, -0.05) is 74.0 Å². The molecule has 2 aromatic rings. The van der Waals surface area contributed by atoms with E-state index in [0.717, 1.165) is 5.56 Å². The van der Waals surface area contributed by atoms with Crippen LogP contribution in [0.3, 0.4) is 0 Å². The first kappa shape index (κ1) is 23.1. The maximum atomic E-state index is 11.2. The van der Waals surface area contributed by atoms with Gasteiger partial charge in [0.25, 0.3) is 0 Å². The van der Waals surface area contributed by atoms with E-state index in [2.05, 4.69) is 37.3 Å². The summed E-state index contributed by atoms with van der Waals surface area (Å²) in [6.45, 7) is 2.20. The summed E-state index contributed by atoms with van der Waals surface area (Å²) in [5.74, 6) is -0.846. The summed E-state index contributed by atoms with van der Waals surface area (Å²) in [5, 5.41) is 0. The minimum atomic E-state index is -0.436. The molecule has 27 heavy (non-hydrogen) atoms. The molecule has 0 fully saturated rings. The van der Waals surface area contributed by atoms with Gasteiger partial charge >= 0.3 is 0 Å². The van der Waals surface area contributed by atoms with Gasteiger partial charge in [0.1, 0.15) is 0 Å². The predicted molar refractivity (Wildman–Crippen MR) is 105 cm³/mol. The number of rotatable bonds is 2. The van der Waals surface area contributed by atoms with Crippen molar-refractivity contribution in [2.45, 2.75) is 19.8 Å². The Morgan fingerprint density at radius 1 is 0.778 bits per heavy atom. The van der Waals surface area contributed by atoms with E-state index in [9.17, 15) is 9.59 Å². The fraction of sp³-hybridized carbons (Fsp3) is 0.158. The molecule has 0 radical (unpaired) electrons. The largest absolute Gasteiger partial charge is 0.373 e. The third-order valence-corrected chi connectivity index (χ3v) is 3.22. The molecule has 8 heteroatoms. The van der Waals surface area contributed by atoms with E-state index >= 15 is 0 Å². The third-order valence-electron chi connectivity index (χ3n) is 3.22. The van der Waals surface area contributed by atoms with Crippen molar-refractivity contribution in [1.29, 1.82) is 0 Å². The zero-order valence-electron chi connectivity index (χ0n) is 14.8. The number of carbonyl (C=O) groups excluding carboxylic acids is 2. The molecule has 2 aromatic carbocycles. The molecule has 0 atom stereocenters. The molecule has 0 spiro atoms. The maximum absolute atomic E-state index is 11.2. The van der Waals surface area contributed by atoms with Crippen molar-refractivity contribution in [3.63, 3.8) is 0 Å². The summed E-state index contributed by atoms with van der Waals surface area (Å²) >= 11 is 0. The molecular weight excluding hydrogens is 344 g/mol. The summed E-state index contributed by atoms with van der Waals surface area (Å²) in [5.41, 5.74) is 29.8. The van der Waals surface area contributed by atoms with E-state index in [0.29, 0.717) is 5.56 Å². The number of hydrogen-bond donors (Lipinski definition) is 0. The second kappa shape index (κ2) is 14.5. The average molecular weight is 362 g/mol. The minimum absolute atomic E-state index is 0.409. The number of ketones is 2. The zero-order valence-corrected chi connectivity index (χ0v) is 14.8. The lowest BCUT2D eigenvalue weighted by Gasteiger charge is -2.06. The van der Waals surface area contributed by atoms with Crippen LogP contribution < -0.4 is 0 Å². The molecule has 0 saturated carbocycles. The predicted octanol–water partition coefficient (Wildman–Crippen LogP) is 5.84. The fourth-order valence-electron chi connectivity index (χ4n) is 2.16. The first-order valence-corrected chi connectivity index (χ1v) is 7.92. The highest BCUT2D eigenvalue weighted by Gasteiger charge is 2.19. The Kier molecular flexibility index (Phi) is 12.4. The van der Waals surface area contributed by atoms with Crippen molar-refractivity contribution in [2.24, 2.45) is 0 Å². The van der Waals surface area contributed by atoms with Gasteiger partial charge in [-0.05, 0) is 23.6 Å². The number of allylic oxidation sites excluding steroid dienone is 1. The standard InChI is InChI=1S/C10H6O2.C9H12.2N3/c11-9-6-5-7-3-1-2-4-8(7)10(9)12;1-2-6-9-7-4-3-5-8-9;2*1-3-2/h1-6H;3-5,7-8H,2,6H2,1H3;;/q;;2*-1. The van der Waals surface area contributed by atoms with Crippen molar-refractivity contribution in [3.8, 4) is 0 Å². The Morgan fingerprint density at radius 3 is 1.85 bits per heavy atom. The first-order valence-electron chi connectivity index (χ1n) is 7.92.